The van der Waals surface area contributed by atoms with Crippen LogP contribution in [0.25, 0.3) is 0 Å². The van der Waals surface area contributed by atoms with E-state index in [4.69, 9.17) is 0 Å². The summed E-state index contributed by atoms with van der Waals surface area (Å²) >= 11 is 0. The molecule has 0 saturated heterocycles. The summed E-state index contributed by atoms with van der Waals surface area (Å²) in [6, 6.07) is 3.50. The smallest absolute Gasteiger partial charge is 0.251 e. The van der Waals surface area contributed by atoms with Crippen LogP contribution in [-0.2, 0) is 0 Å². The summed E-state index contributed by atoms with van der Waals surface area (Å²) in [5, 5.41) is 3.08. The van der Waals surface area contributed by atoms with E-state index in [-0.39, 0.29) is 11.4 Å². The molecule has 1 fully saturated rings. The van der Waals surface area contributed by atoms with E-state index in [1.54, 1.807) is 24.5 Å². The van der Waals surface area contributed by atoms with Crippen molar-refractivity contribution in [3.63, 3.8) is 0 Å². The SMILES string of the molecule is CN(C)C1(CNC(=O)c2ccncc2)CCCCC1. The predicted octanol–water partition coefficient (Wildman–Crippen LogP) is 2.08. The average Bonchev–Trinajstić information content (AvgIpc) is 2.46. The van der Waals surface area contributed by atoms with Gasteiger partial charge in [0.15, 0.2) is 0 Å². The summed E-state index contributed by atoms with van der Waals surface area (Å²) < 4.78 is 0. The van der Waals surface area contributed by atoms with Crippen LogP contribution in [0.15, 0.2) is 24.5 Å². The van der Waals surface area contributed by atoms with Gasteiger partial charge in [0.1, 0.15) is 0 Å². The van der Waals surface area contributed by atoms with Gasteiger partial charge in [0.05, 0.1) is 0 Å². The molecule has 0 spiro atoms. The van der Waals surface area contributed by atoms with Crippen LogP contribution < -0.4 is 5.32 Å². The fourth-order valence-corrected chi connectivity index (χ4v) is 2.84. The van der Waals surface area contributed by atoms with Crippen molar-refractivity contribution < 1.29 is 4.79 Å². The van der Waals surface area contributed by atoms with E-state index in [0.29, 0.717) is 5.56 Å². The normalized spacial score (nSPS) is 18.3. The first-order chi connectivity index (χ1) is 9.14. The van der Waals surface area contributed by atoms with Gasteiger partial charge < -0.3 is 10.2 Å². The van der Waals surface area contributed by atoms with Crippen molar-refractivity contribution in [1.29, 1.82) is 0 Å². The first kappa shape index (κ1) is 14.0. The molecule has 1 aliphatic carbocycles. The maximum Gasteiger partial charge on any atom is 0.251 e. The third-order valence-electron chi connectivity index (χ3n) is 4.25. The van der Waals surface area contributed by atoms with Crippen LogP contribution >= 0.6 is 0 Å². The zero-order valence-corrected chi connectivity index (χ0v) is 11.9. The number of likely N-dealkylation sites (N-methyl/N-ethyl adjacent to an activating group) is 1. The molecule has 1 aromatic rings. The standard InChI is InChI=1S/C15H23N3O/c1-18(2)15(8-4-3-5-9-15)12-17-14(19)13-6-10-16-11-7-13/h6-7,10-11H,3-5,8-9,12H2,1-2H3,(H,17,19). The second kappa shape index (κ2) is 6.15. The van der Waals surface area contributed by atoms with Gasteiger partial charge >= 0.3 is 0 Å². The lowest BCUT2D eigenvalue weighted by atomic mass is 9.80. The molecule has 1 saturated carbocycles. The van der Waals surface area contributed by atoms with E-state index in [9.17, 15) is 4.79 Å². The van der Waals surface area contributed by atoms with Gasteiger partial charge in [-0.1, -0.05) is 19.3 Å². The first-order valence-electron chi connectivity index (χ1n) is 7.00. The van der Waals surface area contributed by atoms with Gasteiger partial charge in [-0.05, 0) is 39.1 Å². The van der Waals surface area contributed by atoms with Gasteiger partial charge in [-0.25, -0.2) is 0 Å². The zero-order valence-electron chi connectivity index (χ0n) is 11.9. The molecular weight excluding hydrogens is 238 g/mol. The fraction of sp³-hybridized carbons (Fsp3) is 0.600. The molecule has 19 heavy (non-hydrogen) atoms. The average molecular weight is 261 g/mol. The molecule has 0 aliphatic heterocycles. The number of nitrogens with zero attached hydrogens (tertiary/aromatic N) is 2. The molecular formula is C15H23N3O. The van der Waals surface area contributed by atoms with Crippen LogP contribution in [0.2, 0.25) is 0 Å². The number of amides is 1. The molecule has 0 radical (unpaired) electrons. The van der Waals surface area contributed by atoms with Crippen molar-refractivity contribution in [3.05, 3.63) is 30.1 Å². The molecule has 0 bridgehead atoms. The van der Waals surface area contributed by atoms with Gasteiger partial charge in [0, 0.05) is 30.0 Å². The Morgan fingerprint density at radius 1 is 1.26 bits per heavy atom. The molecule has 1 aliphatic rings. The highest BCUT2D eigenvalue weighted by Gasteiger charge is 2.34. The number of hydrogen-bond donors (Lipinski definition) is 1. The lowest BCUT2D eigenvalue weighted by Crippen LogP contribution is -2.53. The van der Waals surface area contributed by atoms with Crippen molar-refractivity contribution in [3.8, 4) is 0 Å². The number of pyridine rings is 1. The third-order valence-corrected chi connectivity index (χ3v) is 4.25. The summed E-state index contributed by atoms with van der Waals surface area (Å²) in [6.45, 7) is 0.723. The highest BCUT2D eigenvalue weighted by Crippen LogP contribution is 2.31. The monoisotopic (exact) mass is 261 g/mol. The Hall–Kier alpha value is -1.42. The number of nitrogens with one attached hydrogen (secondary N) is 1. The maximum atomic E-state index is 12.1. The van der Waals surface area contributed by atoms with Gasteiger partial charge in [-0.3, -0.25) is 9.78 Å². The van der Waals surface area contributed by atoms with Crippen LogP contribution in [0.3, 0.4) is 0 Å². The second-order valence-electron chi connectivity index (χ2n) is 5.60. The Morgan fingerprint density at radius 3 is 2.47 bits per heavy atom. The Bertz CT molecular complexity index is 411. The quantitative estimate of drug-likeness (QED) is 0.902. The lowest BCUT2D eigenvalue weighted by molar-refractivity contribution is 0.0799. The first-order valence-corrected chi connectivity index (χ1v) is 7.00. The summed E-state index contributed by atoms with van der Waals surface area (Å²) in [5.74, 6) is -0.00537. The zero-order chi connectivity index (χ0) is 13.7. The second-order valence-corrected chi connectivity index (χ2v) is 5.60. The number of hydrogen-bond acceptors (Lipinski definition) is 3. The Kier molecular flexibility index (Phi) is 4.53. The van der Waals surface area contributed by atoms with E-state index in [1.165, 1.54) is 19.3 Å². The van der Waals surface area contributed by atoms with Crippen molar-refractivity contribution in [1.82, 2.24) is 15.2 Å². The predicted molar refractivity (Wildman–Crippen MR) is 76.1 cm³/mol. The van der Waals surface area contributed by atoms with Crippen molar-refractivity contribution in [2.45, 2.75) is 37.6 Å². The number of carbonyl (C=O) groups excluding carboxylic acids is 1. The summed E-state index contributed by atoms with van der Waals surface area (Å²) in [6.07, 6.45) is 9.45. The molecule has 1 heterocycles. The minimum atomic E-state index is -0.00537. The van der Waals surface area contributed by atoms with E-state index >= 15 is 0 Å². The summed E-state index contributed by atoms with van der Waals surface area (Å²) in [4.78, 5) is 18.3. The molecule has 2 rings (SSSR count). The number of carbonyl (C=O) groups is 1. The van der Waals surface area contributed by atoms with Crippen LogP contribution in [0, 0.1) is 0 Å². The van der Waals surface area contributed by atoms with Crippen molar-refractivity contribution in [2.75, 3.05) is 20.6 Å². The molecule has 0 atom stereocenters. The minimum Gasteiger partial charge on any atom is -0.350 e. The topological polar surface area (TPSA) is 45.2 Å². The Balaban J connectivity index is 1.98. The van der Waals surface area contributed by atoms with E-state index in [1.807, 2.05) is 0 Å². The molecule has 4 heteroatoms. The molecule has 1 N–H and O–H groups in total. The lowest BCUT2D eigenvalue weighted by Gasteiger charge is -2.43. The minimum absolute atomic E-state index is 0.00537. The van der Waals surface area contributed by atoms with Crippen molar-refractivity contribution >= 4 is 5.91 Å². The van der Waals surface area contributed by atoms with Crippen molar-refractivity contribution in [2.24, 2.45) is 0 Å². The highest BCUT2D eigenvalue weighted by atomic mass is 16.1. The molecule has 1 amide bonds. The third kappa shape index (κ3) is 3.32. The van der Waals surface area contributed by atoms with Crippen LogP contribution in [-0.4, -0.2) is 42.0 Å². The van der Waals surface area contributed by atoms with Gasteiger partial charge in [-0.2, -0.15) is 0 Å². The maximum absolute atomic E-state index is 12.1. The van der Waals surface area contributed by atoms with Crippen LogP contribution in [0.4, 0.5) is 0 Å². The Labute approximate surface area is 115 Å². The molecule has 104 valence electrons. The molecule has 0 unspecified atom stereocenters. The Morgan fingerprint density at radius 2 is 1.89 bits per heavy atom. The molecule has 1 aromatic heterocycles. The summed E-state index contributed by atoms with van der Waals surface area (Å²) in [7, 11) is 4.23. The molecule has 0 aromatic carbocycles. The highest BCUT2D eigenvalue weighted by molar-refractivity contribution is 5.94. The van der Waals surface area contributed by atoms with Gasteiger partial charge in [0.2, 0.25) is 0 Å². The largest absolute Gasteiger partial charge is 0.350 e. The van der Waals surface area contributed by atoms with Gasteiger partial charge in [0.25, 0.3) is 5.91 Å². The molecule has 4 nitrogen and oxygen atoms in total. The van der Waals surface area contributed by atoms with E-state index in [0.717, 1.165) is 19.4 Å². The van der Waals surface area contributed by atoms with E-state index < -0.39 is 0 Å². The van der Waals surface area contributed by atoms with Crippen LogP contribution in [0.5, 0.6) is 0 Å². The van der Waals surface area contributed by atoms with Gasteiger partial charge in [-0.15, -0.1) is 0 Å². The summed E-state index contributed by atoms with van der Waals surface area (Å²) in [5.41, 5.74) is 0.806. The van der Waals surface area contributed by atoms with E-state index in [2.05, 4.69) is 29.3 Å². The fourth-order valence-electron chi connectivity index (χ4n) is 2.84. The van der Waals surface area contributed by atoms with Crippen LogP contribution in [0.1, 0.15) is 42.5 Å². The number of aromatic nitrogens is 1. The number of rotatable bonds is 4.